The van der Waals surface area contributed by atoms with E-state index in [1.165, 1.54) is 13.3 Å². The van der Waals surface area contributed by atoms with E-state index in [9.17, 15) is 4.79 Å². The smallest absolute Gasteiger partial charge is 0.358 e. The quantitative estimate of drug-likeness (QED) is 0.762. The van der Waals surface area contributed by atoms with Gasteiger partial charge in [0, 0.05) is 19.1 Å². The van der Waals surface area contributed by atoms with Crippen molar-refractivity contribution in [3.8, 4) is 0 Å². The molecule has 0 saturated heterocycles. The lowest BCUT2D eigenvalue weighted by atomic mass is 10.3. The number of hydrogen-bond donors (Lipinski definition) is 1. The van der Waals surface area contributed by atoms with Gasteiger partial charge in [-0.05, 0) is 20.9 Å². The lowest BCUT2D eigenvalue weighted by Crippen LogP contribution is -2.31. The Balaban J connectivity index is 2.50. The highest BCUT2D eigenvalue weighted by Gasteiger charge is 2.08. The third-order valence-corrected chi connectivity index (χ3v) is 2.68. The predicted molar refractivity (Wildman–Crippen MR) is 69.6 cm³/mol. The van der Waals surface area contributed by atoms with Crippen LogP contribution in [-0.4, -0.2) is 54.1 Å². The second kappa shape index (κ2) is 6.90. The molecular weight excluding hydrogens is 232 g/mol. The molecule has 1 N–H and O–H groups in total. The molecule has 1 rings (SSSR count). The maximum atomic E-state index is 11.3. The summed E-state index contributed by atoms with van der Waals surface area (Å²) in [7, 11) is 3.38. The molecule has 0 aliphatic heterocycles. The first-order valence-electron chi connectivity index (χ1n) is 5.89. The molecule has 0 fully saturated rings. The van der Waals surface area contributed by atoms with E-state index in [-0.39, 0.29) is 5.69 Å². The molecule has 1 aromatic heterocycles. The molecular formula is C12H20N4O2. The fourth-order valence-corrected chi connectivity index (χ4v) is 1.27. The molecule has 1 aromatic rings. The summed E-state index contributed by atoms with van der Waals surface area (Å²) in [5.41, 5.74) is 0.208. The van der Waals surface area contributed by atoms with Crippen molar-refractivity contribution in [1.29, 1.82) is 0 Å². The summed E-state index contributed by atoms with van der Waals surface area (Å²) in [6.07, 6.45) is 2.97. The van der Waals surface area contributed by atoms with Gasteiger partial charge in [-0.2, -0.15) is 0 Å². The number of carbonyl (C=O) groups excluding carboxylic acids is 1. The highest BCUT2D eigenvalue weighted by atomic mass is 16.5. The molecule has 0 radical (unpaired) electrons. The number of carbonyl (C=O) groups is 1. The highest BCUT2D eigenvalue weighted by molar-refractivity contribution is 5.87. The Hall–Kier alpha value is -1.69. The summed E-state index contributed by atoms with van der Waals surface area (Å²) in [6, 6.07) is 0.499. The minimum absolute atomic E-state index is 0.208. The number of hydrogen-bond acceptors (Lipinski definition) is 6. The molecule has 0 amide bonds. The van der Waals surface area contributed by atoms with Gasteiger partial charge in [0.05, 0.1) is 19.5 Å². The van der Waals surface area contributed by atoms with Crippen molar-refractivity contribution in [2.24, 2.45) is 0 Å². The van der Waals surface area contributed by atoms with Gasteiger partial charge < -0.3 is 15.0 Å². The van der Waals surface area contributed by atoms with Crippen LogP contribution in [0.4, 0.5) is 5.82 Å². The summed E-state index contributed by atoms with van der Waals surface area (Å²) < 4.78 is 4.59. The number of nitrogens with zero attached hydrogens (tertiary/aromatic N) is 3. The minimum atomic E-state index is -0.481. The largest absolute Gasteiger partial charge is 0.464 e. The van der Waals surface area contributed by atoms with Crippen LogP contribution in [0.15, 0.2) is 12.4 Å². The predicted octanol–water partition coefficient (Wildman–Crippen LogP) is 1.02. The Morgan fingerprint density at radius 2 is 2.22 bits per heavy atom. The van der Waals surface area contributed by atoms with Gasteiger partial charge in [0.1, 0.15) is 5.82 Å². The zero-order valence-corrected chi connectivity index (χ0v) is 11.3. The van der Waals surface area contributed by atoms with Crippen LogP contribution in [0.1, 0.15) is 24.3 Å². The maximum absolute atomic E-state index is 11.3. The van der Waals surface area contributed by atoms with Gasteiger partial charge in [0.25, 0.3) is 0 Å². The van der Waals surface area contributed by atoms with E-state index in [0.29, 0.717) is 11.9 Å². The number of anilines is 1. The molecule has 0 atom stereocenters. The van der Waals surface area contributed by atoms with Crippen molar-refractivity contribution in [1.82, 2.24) is 14.9 Å². The van der Waals surface area contributed by atoms with Crippen molar-refractivity contribution >= 4 is 11.8 Å². The molecule has 6 heteroatoms. The fraction of sp³-hybridized carbons (Fsp3) is 0.583. The van der Waals surface area contributed by atoms with E-state index in [1.807, 2.05) is 0 Å². The van der Waals surface area contributed by atoms with Gasteiger partial charge in [-0.25, -0.2) is 9.78 Å². The molecule has 100 valence electrons. The number of likely N-dealkylation sites (N-methyl/N-ethyl adjacent to an activating group) is 1. The molecule has 0 aromatic carbocycles. The highest BCUT2D eigenvalue weighted by Crippen LogP contribution is 2.03. The average Bonchev–Trinajstić information content (AvgIpc) is 2.37. The molecule has 6 nitrogen and oxygen atoms in total. The number of ether oxygens (including phenoxy) is 1. The Morgan fingerprint density at radius 1 is 1.50 bits per heavy atom. The van der Waals surface area contributed by atoms with Crippen molar-refractivity contribution < 1.29 is 9.53 Å². The van der Waals surface area contributed by atoms with Gasteiger partial charge in [-0.1, -0.05) is 0 Å². The number of rotatable bonds is 6. The zero-order valence-electron chi connectivity index (χ0n) is 11.3. The molecule has 0 spiro atoms. The van der Waals surface area contributed by atoms with E-state index in [4.69, 9.17) is 0 Å². The molecule has 18 heavy (non-hydrogen) atoms. The summed E-state index contributed by atoms with van der Waals surface area (Å²) in [5, 5.41) is 3.13. The molecule has 0 saturated carbocycles. The van der Waals surface area contributed by atoms with Crippen molar-refractivity contribution in [3.63, 3.8) is 0 Å². The van der Waals surface area contributed by atoms with Crippen LogP contribution in [0.2, 0.25) is 0 Å². The monoisotopic (exact) mass is 252 g/mol. The van der Waals surface area contributed by atoms with E-state index in [2.05, 4.69) is 45.8 Å². The third kappa shape index (κ3) is 4.29. The second-order valence-electron chi connectivity index (χ2n) is 4.28. The zero-order chi connectivity index (χ0) is 13.5. The molecule has 0 unspecified atom stereocenters. The fourth-order valence-electron chi connectivity index (χ4n) is 1.27. The van der Waals surface area contributed by atoms with Crippen molar-refractivity contribution in [2.45, 2.75) is 19.9 Å². The third-order valence-electron chi connectivity index (χ3n) is 2.68. The van der Waals surface area contributed by atoms with Gasteiger partial charge in [-0.3, -0.25) is 4.98 Å². The summed E-state index contributed by atoms with van der Waals surface area (Å²) in [5.74, 6) is 0.0977. The summed E-state index contributed by atoms with van der Waals surface area (Å²) in [4.78, 5) is 21.6. The van der Waals surface area contributed by atoms with Gasteiger partial charge in [0.2, 0.25) is 0 Å². The van der Waals surface area contributed by atoms with Crippen LogP contribution in [0, 0.1) is 0 Å². The van der Waals surface area contributed by atoms with Crippen LogP contribution in [0.5, 0.6) is 0 Å². The first kappa shape index (κ1) is 14.4. The first-order valence-corrected chi connectivity index (χ1v) is 5.89. The normalized spacial score (nSPS) is 10.8. The first-order chi connectivity index (χ1) is 8.54. The number of aromatic nitrogens is 2. The van der Waals surface area contributed by atoms with Crippen LogP contribution >= 0.6 is 0 Å². The van der Waals surface area contributed by atoms with Crippen LogP contribution in [0.3, 0.4) is 0 Å². The number of esters is 1. The van der Waals surface area contributed by atoms with E-state index < -0.39 is 5.97 Å². The van der Waals surface area contributed by atoms with Gasteiger partial charge in [-0.15, -0.1) is 0 Å². The van der Waals surface area contributed by atoms with Crippen LogP contribution in [-0.2, 0) is 4.74 Å². The van der Waals surface area contributed by atoms with E-state index in [1.54, 1.807) is 6.20 Å². The maximum Gasteiger partial charge on any atom is 0.358 e. The Kier molecular flexibility index (Phi) is 5.51. The molecule has 0 bridgehead atoms. The van der Waals surface area contributed by atoms with E-state index >= 15 is 0 Å². The minimum Gasteiger partial charge on any atom is -0.464 e. The molecule has 0 aliphatic rings. The topological polar surface area (TPSA) is 67.3 Å². The molecule has 1 heterocycles. The van der Waals surface area contributed by atoms with E-state index in [0.717, 1.165) is 13.1 Å². The lowest BCUT2D eigenvalue weighted by Gasteiger charge is -2.20. The standard InChI is InChI=1S/C12H20N4O2/c1-9(2)16(3)6-5-14-11-8-13-7-10(15-11)12(17)18-4/h7-9H,5-6H2,1-4H3,(H,14,15). The number of nitrogens with one attached hydrogen (secondary N) is 1. The van der Waals surface area contributed by atoms with Crippen LogP contribution in [0.25, 0.3) is 0 Å². The van der Waals surface area contributed by atoms with Gasteiger partial charge in [0.15, 0.2) is 5.69 Å². The second-order valence-corrected chi connectivity index (χ2v) is 4.28. The number of methoxy groups -OCH3 is 1. The summed E-state index contributed by atoms with van der Waals surface area (Å²) in [6.45, 7) is 5.91. The van der Waals surface area contributed by atoms with Gasteiger partial charge >= 0.3 is 5.97 Å². The Morgan fingerprint density at radius 3 is 2.83 bits per heavy atom. The summed E-state index contributed by atoms with van der Waals surface area (Å²) >= 11 is 0. The van der Waals surface area contributed by atoms with Crippen LogP contribution < -0.4 is 5.32 Å². The van der Waals surface area contributed by atoms with Crippen molar-refractivity contribution in [2.75, 3.05) is 32.6 Å². The Bertz CT molecular complexity index is 395. The Labute approximate surface area is 107 Å². The lowest BCUT2D eigenvalue weighted by molar-refractivity contribution is 0.0593. The average molecular weight is 252 g/mol. The van der Waals surface area contributed by atoms with Crippen molar-refractivity contribution in [3.05, 3.63) is 18.1 Å². The SMILES string of the molecule is COC(=O)c1cncc(NCCN(C)C(C)C)n1. The molecule has 0 aliphatic carbocycles.